The average Bonchev–Trinajstić information content (AvgIpc) is 3.15. The molecule has 0 spiro atoms. The number of carbonyl (C=O) groups is 1. The molecule has 1 aromatic carbocycles. The van der Waals surface area contributed by atoms with Crippen LogP contribution in [-0.4, -0.2) is 45.1 Å². The van der Waals surface area contributed by atoms with Gasteiger partial charge >= 0.3 is 6.18 Å². The number of amides is 1. The Morgan fingerprint density at radius 1 is 1.26 bits per heavy atom. The molecule has 1 saturated heterocycles. The molecule has 2 aromatic heterocycles. The lowest BCUT2D eigenvalue weighted by molar-refractivity contribution is -0.142. The van der Waals surface area contributed by atoms with Crippen LogP contribution < -0.4 is 4.74 Å². The number of carbonyl (C=O) groups excluding carboxylic acids is 1. The van der Waals surface area contributed by atoms with E-state index >= 15 is 0 Å². The number of nitrogens with zero attached hydrogens (tertiary/aromatic N) is 4. The summed E-state index contributed by atoms with van der Waals surface area (Å²) in [6.45, 7) is 1.97. The number of likely N-dealkylation sites (tertiary alicyclic amines) is 1. The number of fused-ring (bicyclic) bond motifs is 1. The number of hydrogen-bond donors (Lipinski definition) is 0. The van der Waals surface area contributed by atoms with Crippen LogP contribution in [0.4, 0.5) is 17.6 Å². The Morgan fingerprint density at radius 3 is 2.77 bits per heavy atom. The summed E-state index contributed by atoms with van der Waals surface area (Å²) in [6, 6.07) is 8.30. The van der Waals surface area contributed by atoms with E-state index in [1.165, 1.54) is 31.2 Å². The van der Waals surface area contributed by atoms with E-state index in [1.807, 2.05) is 0 Å². The van der Waals surface area contributed by atoms with Gasteiger partial charge in [0, 0.05) is 30.8 Å². The third-order valence-electron chi connectivity index (χ3n) is 5.24. The van der Waals surface area contributed by atoms with Crippen molar-refractivity contribution >= 4 is 11.6 Å². The maximum atomic E-state index is 13.7. The molecule has 0 aliphatic carbocycles. The minimum absolute atomic E-state index is 0.00844. The maximum Gasteiger partial charge on any atom is 0.433 e. The van der Waals surface area contributed by atoms with Gasteiger partial charge in [0.15, 0.2) is 23.8 Å². The van der Waals surface area contributed by atoms with E-state index < -0.39 is 17.7 Å². The fourth-order valence-corrected chi connectivity index (χ4v) is 3.76. The molecule has 3 aromatic rings. The lowest BCUT2D eigenvalue weighted by atomic mass is 9.95. The Labute approximate surface area is 175 Å². The lowest BCUT2D eigenvalue weighted by Crippen LogP contribution is -2.41. The molecule has 0 radical (unpaired) electrons. The molecule has 0 saturated carbocycles. The Morgan fingerprint density at radius 2 is 2.03 bits per heavy atom. The second-order valence-corrected chi connectivity index (χ2v) is 7.52. The van der Waals surface area contributed by atoms with Crippen LogP contribution >= 0.6 is 0 Å². The van der Waals surface area contributed by atoms with Gasteiger partial charge in [-0.1, -0.05) is 12.1 Å². The van der Waals surface area contributed by atoms with Crippen LogP contribution in [0.1, 0.15) is 35.8 Å². The summed E-state index contributed by atoms with van der Waals surface area (Å²) >= 11 is 0. The zero-order chi connectivity index (χ0) is 22.2. The Bertz CT molecular complexity index is 1110. The highest BCUT2D eigenvalue weighted by molar-refractivity contribution is 5.78. The first-order valence-corrected chi connectivity index (χ1v) is 9.82. The van der Waals surface area contributed by atoms with Crippen LogP contribution in [0.15, 0.2) is 36.4 Å². The Kier molecular flexibility index (Phi) is 5.55. The van der Waals surface area contributed by atoms with E-state index in [9.17, 15) is 22.4 Å². The zero-order valence-electron chi connectivity index (χ0n) is 16.7. The third kappa shape index (κ3) is 4.47. The Hall–Kier alpha value is -3.17. The molecule has 31 heavy (non-hydrogen) atoms. The van der Waals surface area contributed by atoms with Crippen LogP contribution in [0.5, 0.6) is 5.75 Å². The highest BCUT2D eigenvalue weighted by Gasteiger charge is 2.35. The minimum Gasteiger partial charge on any atom is -0.481 e. The van der Waals surface area contributed by atoms with Crippen molar-refractivity contribution in [3.63, 3.8) is 0 Å². The van der Waals surface area contributed by atoms with E-state index in [-0.39, 0.29) is 35.5 Å². The van der Waals surface area contributed by atoms with Crippen molar-refractivity contribution in [1.82, 2.24) is 19.5 Å². The molecule has 1 amide bonds. The van der Waals surface area contributed by atoms with Gasteiger partial charge in [0.2, 0.25) is 0 Å². The van der Waals surface area contributed by atoms with Crippen molar-refractivity contribution in [3.05, 3.63) is 59.3 Å². The number of halogens is 4. The molecular formula is C21H20F4N4O2. The number of aryl methyl sites for hydroxylation is 1. The molecule has 0 bridgehead atoms. The van der Waals surface area contributed by atoms with Crippen molar-refractivity contribution in [2.75, 3.05) is 19.7 Å². The van der Waals surface area contributed by atoms with Crippen molar-refractivity contribution in [3.8, 4) is 5.75 Å². The highest BCUT2D eigenvalue weighted by atomic mass is 19.4. The molecule has 6 nitrogen and oxygen atoms in total. The van der Waals surface area contributed by atoms with Gasteiger partial charge in [-0.2, -0.15) is 18.3 Å². The van der Waals surface area contributed by atoms with Crippen molar-refractivity contribution < 1.29 is 27.1 Å². The monoisotopic (exact) mass is 436 g/mol. The van der Waals surface area contributed by atoms with Gasteiger partial charge in [0.05, 0.1) is 5.69 Å². The summed E-state index contributed by atoms with van der Waals surface area (Å²) in [5, 5.41) is 4.16. The number of alkyl halides is 3. The van der Waals surface area contributed by atoms with Crippen LogP contribution in [0.3, 0.4) is 0 Å². The highest BCUT2D eigenvalue weighted by Crippen LogP contribution is 2.32. The van der Waals surface area contributed by atoms with Gasteiger partial charge in [0.1, 0.15) is 5.69 Å². The molecule has 4 rings (SSSR count). The largest absolute Gasteiger partial charge is 0.481 e. The topological polar surface area (TPSA) is 59.7 Å². The number of aromatic nitrogens is 3. The predicted molar refractivity (Wildman–Crippen MR) is 103 cm³/mol. The molecule has 3 heterocycles. The average molecular weight is 436 g/mol. The van der Waals surface area contributed by atoms with Crippen LogP contribution in [0.25, 0.3) is 5.65 Å². The second-order valence-electron chi connectivity index (χ2n) is 7.52. The van der Waals surface area contributed by atoms with Gasteiger partial charge in [-0.3, -0.25) is 4.79 Å². The quantitative estimate of drug-likeness (QED) is 0.581. The van der Waals surface area contributed by atoms with Crippen LogP contribution in [-0.2, 0) is 11.0 Å². The molecule has 1 unspecified atom stereocenters. The minimum atomic E-state index is -4.56. The van der Waals surface area contributed by atoms with Crippen LogP contribution in [0.2, 0.25) is 0 Å². The number of hydrogen-bond acceptors (Lipinski definition) is 4. The zero-order valence-corrected chi connectivity index (χ0v) is 16.7. The number of para-hydroxylation sites is 1. The summed E-state index contributed by atoms with van der Waals surface area (Å²) in [5.74, 6) is -1.11. The molecule has 10 heteroatoms. The van der Waals surface area contributed by atoms with Gasteiger partial charge in [-0.05, 0) is 38.0 Å². The number of benzene rings is 1. The number of piperidine rings is 1. The molecule has 1 aliphatic heterocycles. The number of ether oxygens (including phenoxy) is 1. The van der Waals surface area contributed by atoms with E-state index in [2.05, 4.69) is 10.1 Å². The van der Waals surface area contributed by atoms with Gasteiger partial charge in [-0.25, -0.2) is 13.9 Å². The van der Waals surface area contributed by atoms with E-state index in [4.69, 9.17) is 4.74 Å². The van der Waals surface area contributed by atoms with Crippen LogP contribution in [0, 0.1) is 12.7 Å². The maximum absolute atomic E-state index is 13.7. The standard InChI is InChI=1S/C21H20F4N4O2/c1-13-9-18(21(23,24)25)29-19(26-13)10-16(27-29)14-5-4-8-28(11-14)20(30)12-31-17-7-3-2-6-15(17)22/h2-3,6-7,9-10,14H,4-5,8,11-12H2,1H3. The molecule has 1 fully saturated rings. The number of rotatable bonds is 4. The first-order valence-electron chi connectivity index (χ1n) is 9.82. The van der Waals surface area contributed by atoms with E-state index in [1.54, 1.807) is 11.0 Å². The molecule has 0 N–H and O–H groups in total. The predicted octanol–water partition coefficient (Wildman–Crippen LogP) is 3.98. The van der Waals surface area contributed by atoms with Gasteiger partial charge in [0.25, 0.3) is 5.91 Å². The summed E-state index contributed by atoms with van der Waals surface area (Å²) in [4.78, 5) is 18.3. The van der Waals surface area contributed by atoms with Crippen molar-refractivity contribution in [2.24, 2.45) is 0 Å². The summed E-state index contributed by atoms with van der Waals surface area (Å²) in [5.41, 5.74) is -0.0647. The lowest BCUT2D eigenvalue weighted by Gasteiger charge is -2.31. The molecule has 164 valence electrons. The molecular weight excluding hydrogens is 416 g/mol. The normalized spacial score (nSPS) is 17.2. The fourth-order valence-electron chi connectivity index (χ4n) is 3.76. The molecule has 1 atom stereocenters. The SMILES string of the molecule is Cc1cc(C(F)(F)F)n2nc(C3CCCN(C(=O)COc4ccccc4F)C3)cc2n1. The first kappa shape index (κ1) is 21.1. The second kappa shape index (κ2) is 8.16. The van der Waals surface area contributed by atoms with Gasteiger partial charge < -0.3 is 9.64 Å². The Balaban J connectivity index is 1.50. The first-order chi connectivity index (χ1) is 14.7. The van der Waals surface area contributed by atoms with E-state index in [0.29, 0.717) is 31.6 Å². The van der Waals surface area contributed by atoms with Gasteiger partial charge in [-0.15, -0.1) is 0 Å². The molecule has 1 aliphatic rings. The smallest absolute Gasteiger partial charge is 0.433 e. The summed E-state index contributed by atoms with van der Waals surface area (Å²) in [6.07, 6.45) is -3.21. The van der Waals surface area contributed by atoms with Crippen molar-refractivity contribution in [1.29, 1.82) is 0 Å². The fraction of sp³-hybridized carbons (Fsp3) is 0.381. The van der Waals surface area contributed by atoms with E-state index in [0.717, 1.165) is 10.6 Å². The summed E-state index contributed by atoms with van der Waals surface area (Å²) < 4.78 is 59.9. The summed E-state index contributed by atoms with van der Waals surface area (Å²) in [7, 11) is 0. The third-order valence-corrected chi connectivity index (χ3v) is 5.24. The van der Waals surface area contributed by atoms with Crippen molar-refractivity contribution in [2.45, 2.75) is 31.9 Å².